The van der Waals surface area contributed by atoms with Crippen molar-refractivity contribution in [3.05, 3.63) is 35.4 Å². The molecular weight excluding hydrogens is 286 g/mol. The van der Waals surface area contributed by atoms with Gasteiger partial charge in [0, 0.05) is 6.04 Å². The summed E-state index contributed by atoms with van der Waals surface area (Å²) in [5.41, 5.74) is 2.81. The standard InChI is InChI=1S/C13H18F2N2O2S/c14-11-1-2-13(15)10(6-11)7-12(17-16)5-9-3-4-20(18,19)8-9/h1-2,6,9,12,17H,3-5,7-8,16H2. The average molecular weight is 304 g/mol. The maximum atomic E-state index is 13.6. The van der Waals surface area contributed by atoms with Crippen LogP contribution in [0.25, 0.3) is 0 Å². The van der Waals surface area contributed by atoms with Crippen LogP contribution < -0.4 is 11.3 Å². The van der Waals surface area contributed by atoms with Crippen LogP contribution in [0, 0.1) is 17.6 Å². The number of benzene rings is 1. The highest BCUT2D eigenvalue weighted by atomic mass is 32.2. The van der Waals surface area contributed by atoms with Crippen LogP contribution in [0.15, 0.2) is 18.2 Å². The van der Waals surface area contributed by atoms with Gasteiger partial charge in [-0.2, -0.15) is 0 Å². The van der Waals surface area contributed by atoms with E-state index in [-0.39, 0.29) is 35.4 Å². The summed E-state index contributed by atoms with van der Waals surface area (Å²) in [7, 11) is -2.94. The molecule has 0 radical (unpaired) electrons. The molecule has 0 aliphatic carbocycles. The molecule has 20 heavy (non-hydrogen) atoms. The third-order valence-electron chi connectivity index (χ3n) is 3.65. The van der Waals surface area contributed by atoms with Gasteiger partial charge in [0.15, 0.2) is 9.84 Å². The molecule has 0 bridgehead atoms. The number of nitrogens with two attached hydrogens (primary N) is 1. The molecule has 1 fully saturated rings. The van der Waals surface area contributed by atoms with Crippen molar-refractivity contribution in [1.82, 2.24) is 5.43 Å². The summed E-state index contributed by atoms with van der Waals surface area (Å²) in [5, 5.41) is 0. The fraction of sp³-hybridized carbons (Fsp3) is 0.538. The molecule has 1 aliphatic heterocycles. The molecule has 1 aliphatic rings. The van der Waals surface area contributed by atoms with Crippen molar-refractivity contribution in [3.8, 4) is 0 Å². The molecule has 7 heteroatoms. The predicted octanol–water partition coefficient (Wildman–Crippen LogP) is 1.16. The van der Waals surface area contributed by atoms with Gasteiger partial charge in [-0.05, 0) is 48.9 Å². The van der Waals surface area contributed by atoms with E-state index in [0.29, 0.717) is 12.8 Å². The van der Waals surface area contributed by atoms with Gasteiger partial charge in [-0.15, -0.1) is 0 Å². The number of hydrazine groups is 1. The average Bonchev–Trinajstić information content (AvgIpc) is 2.72. The first-order valence-corrected chi connectivity index (χ1v) is 8.32. The molecule has 0 aromatic heterocycles. The van der Waals surface area contributed by atoms with Gasteiger partial charge in [0.2, 0.25) is 0 Å². The lowest BCUT2D eigenvalue weighted by molar-refractivity contribution is 0.403. The zero-order valence-electron chi connectivity index (χ0n) is 11.0. The zero-order valence-corrected chi connectivity index (χ0v) is 11.8. The molecule has 2 unspecified atom stereocenters. The first-order valence-electron chi connectivity index (χ1n) is 6.50. The molecular formula is C13H18F2N2O2S. The van der Waals surface area contributed by atoms with Gasteiger partial charge in [0.05, 0.1) is 11.5 Å². The van der Waals surface area contributed by atoms with Crippen molar-refractivity contribution in [2.24, 2.45) is 11.8 Å². The Bertz CT molecular complexity index is 578. The first-order chi connectivity index (χ1) is 9.39. The molecule has 0 spiro atoms. The largest absolute Gasteiger partial charge is 0.271 e. The maximum absolute atomic E-state index is 13.6. The molecule has 0 saturated carbocycles. The van der Waals surface area contributed by atoms with Crippen LogP contribution in [0.1, 0.15) is 18.4 Å². The lowest BCUT2D eigenvalue weighted by Gasteiger charge is -2.19. The minimum atomic E-state index is -2.94. The third kappa shape index (κ3) is 3.97. The summed E-state index contributed by atoms with van der Waals surface area (Å²) < 4.78 is 49.5. The van der Waals surface area contributed by atoms with Crippen LogP contribution in [0.3, 0.4) is 0 Å². The fourth-order valence-corrected chi connectivity index (χ4v) is 4.52. The Balaban J connectivity index is 2.01. The lowest BCUT2D eigenvalue weighted by atomic mass is 9.95. The van der Waals surface area contributed by atoms with E-state index in [1.54, 1.807) is 0 Å². The number of hydrogen-bond acceptors (Lipinski definition) is 4. The number of rotatable bonds is 5. The molecule has 1 heterocycles. The van der Waals surface area contributed by atoms with E-state index < -0.39 is 21.5 Å². The fourth-order valence-electron chi connectivity index (χ4n) is 2.64. The Morgan fingerprint density at radius 2 is 2.15 bits per heavy atom. The third-order valence-corrected chi connectivity index (χ3v) is 5.49. The molecule has 4 nitrogen and oxygen atoms in total. The van der Waals surface area contributed by atoms with Crippen molar-refractivity contribution in [2.45, 2.75) is 25.3 Å². The second-order valence-electron chi connectivity index (χ2n) is 5.31. The molecule has 1 saturated heterocycles. The van der Waals surface area contributed by atoms with E-state index in [1.165, 1.54) is 0 Å². The van der Waals surface area contributed by atoms with Gasteiger partial charge in [-0.1, -0.05) is 0 Å². The van der Waals surface area contributed by atoms with Crippen LogP contribution in [0.4, 0.5) is 8.78 Å². The van der Waals surface area contributed by atoms with E-state index in [4.69, 9.17) is 5.84 Å². The van der Waals surface area contributed by atoms with Gasteiger partial charge >= 0.3 is 0 Å². The zero-order chi connectivity index (χ0) is 14.8. The van der Waals surface area contributed by atoms with Crippen LogP contribution in [-0.2, 0) is 16.3 Å². The van der Waals surface area contributed by atoms with Crippen molar-refractivity contribution in [2.75, 3.05) is 11.5 Å². The van der Waals surface area contributed by atoms with Crippen molar-refractivity contribution < 1.29 is 17.2 Å². The second-order valence-corrected chi connectivity index (χ2v) is 7.54. The van der Waals surface area contributed by atoms with Crippen molar-refractivity contribution in [1.29, 1.82) is 0 Å². The molecule has 2 atom stereocenters. The topological polar surface area (TPSA) is 72.2 Å². The Morgan fingerprint density at radius 3 is 2.75 bits per heavy atom. The summed E-state index contributed by atoms with van der Waals surface area (Å²) in [5.74, 6) is 4.83. The van der Waals surface area contributed by atoms with Crippen LogP contribution in [0.2, 0.25) is 0 Å². The van der Waals surface area contributed by atoms with E-state index in [2.05, 4.69) is 5.43 Å². The van der Waals surface area contributed by atoms with Gasteiger partial charge in [0.25, 0.3) is 0 Å². The number of nitrogens with one attached hydrogen (secondary N) is 1. The van der Waals surface area contributed by atoms with E-state index >= 15 is 0 Å². The molecule has 2 rings (SSSR count). The smallest absolute Gasteiger partial charge is 0.150 e. The minimum absolute atomic E-state index is 0.0256. The number of halogens is 2. The molecule has 0 amide bonds. The van der Waals surface area contributed by atoms with Gasteiger partial charge < -0.3 is 0 Å². The highest BCUT2D eigenvalue weighted by Gasteiger charge is 2.29. The Hall–Kier alpha value is -1.05. The normalized spacial score (nSPS) is 22.9. The SMILES string of the molecule is NNC(Cc1cc(F)ccc1F)CC1CCS(=O)(=O)C1. The molecule has 1 aromatic carbocycles. The summed E-state index contributed by atoms with van der Waals surface area (Å²) in [6, 6.07) is 3.01. The highest BCUT2D eigenvalue weighted by Crippen LogP contribution is 2.24. The second kappa shape index (κ2) is 6.15. The molecule has 1 aromatic rings. The monoisotopic (exact) mass is 304 g/mol. The maximum Gasteiger partial charge on any atom is 0.150 e. The predicted molar refractivity (Wildman–Crippen MR) is 72.6 cm³/mol. The lowest BCUT2D eigenvalue weighted by Crippen LogP contribution is -2.38. The molecule has 112 valence electrons. The van der Waals surface area contributed by atoms with Crippen LogP contribution >= 0.6 is 0 Å². The Labute approximate surface area is 117 Å². The minimum Gasteiger partial charge on any atom is -0.271 e. The summed E-state index contributed by atoms with van der Waals surface area (Å²) in [6.07, 6.45) is 1.37. The van der Waals surface area contributed by atoms with Gasteiger partial charge in [-0.25, -0.2) is 17.2 Å². The van der Waals surface area contributed by atoms with Gasteiger partial charge in [0.1, 0.15) is 11.6 Å². The van der Waals surface area contributed by atoms with E-state index in [0.717, 1.165) is 18.2 Å². The summed E-state index contributed by atoms with van der Waals surface area (Å²) in [4.78, 5) is 0. The quantitative estimate of drug-likeness (QED) is 0.632. The van der Waals surface area contributed by atoms with Crippen LogP contribution in [-0.4, -0.2) is 26.0 Å². The number of sulfone groups is 1. The summed E-state index contributed by atoms with van der Waals surface area (Å²) in [6.45, 7) is 0. The Kier molecular flexibility index (Phi) is 4.72. The Morgan fingerprint density at radius 1 is 1.40 bits per heavy atom. The van der Waals surface area contributed by atoms with Gasteiger partial charge in [-0.3, -0.25) is 11.3 Å². The molecule has 3 N–H and O–H groups in total. The van der Waals surface area contributed by atoms with Crippen LogP contribution in [0.5, 0.6) is 0 Å². The van der Waals surface area contributed by atoms with Crippen molar-refractivity contribution >= 4 is 9.84 Å². The highest BCUT2D eigenvalue weighted by molar-refractivity contribution is 7.91. The van der Waals surface area contributed by atoms with E-state index in [9.17, 15) is 17.2 Å². The summed E-state index contributed by atoms with van der Waals surface area (Å²) >= 11 is 0. The first kappa shape index (κ1) is 15.3. The van der Waals surface area contributed by atoms with E-state index in [1.807, 2.05) is 0 Å². The van der Waals surface area contributed by atoms with Crippen molar-refractivity contribution in [3.63, 3.8) is 0 Å². The number of hydrogen-bond donors (Lipinski definition) is 2.